The molecule has 1 N–H and O–H groups in total. The minimum atomic E-state index is -0.760. The van der Waals surface area contributed by atoms with Crippen LogP contribution in [-0.2, 0) is 19.1 Å². The second kappa shape index (κ2) is 35.4. The van der Waals surface area contributed by atoms with Crippen LogP contribution >= 0.6 is 0 Å². The van der Waals surface area contributed by atoms with Crippen molar-refractivity contribution < 1.29 is 24.2 Å². The molecule has 43 heavy (non-hydrogen) atoms. The van der Waals surface area contributed by atoms with E-state index in [2.05, 4.69) is 13.8 Å². The number of carbonyl (C=O) groups excluding carboxylic acids is 2. The monoisotopic (exact) mass is 611 g/mol. The summed E-state index contributed by atoms with van der Waals surface area (Å²) in [5, 5.41) is 9.52. The second-order valence-electron chi connectivity index (χ2n) is 13.0. The van der Waals surface area contributed by atoms with E-state index < -0.39 is 6.10 Å². The van der Waals surface area contributed by atoms with E-state index in [9.17, 15) is 14.7 Å². The SMILES string of the molecule is CCCCCCCCCCCCCCCCCCCCC(=O)O[C@@H](CO)COC(=O)CCCCCCCCCCCCC. The first-order chi connectivity index (χ1) is 21.1. The van der Waals surface area contributed by atoms with Gasteiger partial charge in [0.2, 0.25) is 0 Å². The van der Waals surface area contributed by atoms with Crippen LogP contribution in [0.5, 0.6) is 0 Å². The predicted octanol–water partition coefficient (Wildman–Crippen LogP) is 11.6. The minimum absolute atomic E-state index is 0.0573. The summed E-state index contributed by atoms with van der Waals surface area (Å²) in [7, 11) is 0. The molecule has 0 fully saturated rings. The third-order valence-corrected chi connectivity index (χ3v) is 8.65. The quantitative estimate of drug-likeness (QED) is 0.0571. The molecule has 0 saturated carbocycles. The highest BCUT2D eigenvalue weighted by Crippen LogP contribution is 2.15. The van der Waals surface area contributed by atoms with Crippen LogP contribution in [0.15, 0.2) is 0 Å². The summed E-state index contributed by atoms with van der Waals surface area (Å²) in [4.78, 5) is 24.2. The van der Waals surface area contributed by atoms with Gasteiger partial charge in [0.05, 0.1) is 6.61 Å². The number of carbonyl (C=O) groups is 2. The van der Waals surface area contributed by atoms with Crippen molar-refractivity contribution in [2.24, 2.45) is 0 Å². The zero-order valence-electron chi connectivity index (χ0n) is 29.0. The average Bonchev–Trinajstić information content (AvgIpc) is 3.01. The molecule has 0 aliphatic carbocycles. The van der Waals surface area contributed by atoms with Gasteiger partial charge in [-0.1, -0.05) is 187 Å². The smallest absolute Gasteiger partial charge is 0.306 e. The Bertz CT molecular complexity index is 579. The summed E-state index contributed by atoms with van der Waals surface area (Å²) in [5.41, 5.74) is 0. The lowest BCUT2D eigenvalue weighted by Crippen LogP contribution is -2.28. The van der Waals surface area contributed by atoms with Gasteiger partial charge < -0.3 is 14.6 Å². The molecule has 0 aromatic rings. The molecule has 5 heteroatoms. The molecule has 256 valence electrons. The van der Waals surface area contributed by atoms with E-state index in [1.807, 2.05) is 0 Å². The Kier molecular flexibility index (Phi) is 34.5. The maximum absolute atomic E-state index is 12.1. The summed E-state index contributed by atoms with van der Waals surface area (Å²) in [6.45, 7) is 4.15. The predicted molar refractivity (Wildman–Crippen MR) is 182 cm³/mol. The molecule has 0 amide bonds. The number of hydrogen-bond acceptors (Lipinski definition) is 5. The van der Waals surface area contributed by atoms with Gasteiger partial charge in [0.25, 0.3) is 0 Å². The zero-order chi connectivity index (χ0) is 31.5. The van der Waals surface area contributed by atoms with E-state index in [1.54, 1.807) is 0 Å². The van der Waals surface area contributed by atoms with Gasteiger partial charge in [0.15, 0.2) is 6.10 Å². The Hall–Kier alpha value is -1.10. The highest BCUT2D eigenvalue weighted by molar-refractivity contribution is 5.70. The molecular weight excluding hydrogens is 536 g/mol. The molecule has 0 aliphatic heterocycles. The normalized spacial score (nSPS) is 12.0. The van der Waals surface area contributed by atoms with E-state index in [0.717, 1.165) is 32.1 Å². The van der Waals surface area contributed by atoms with Gasteiger partial charge in [-0.15, -0.1) is 0 Å². The lowest BCUT2D eigenvalue weighted by atomic mass is 10.0. The van der Waals surface area contributed by atoms with Crippen molar-refractivity contribution in [3.8, 4) is 0 Å². The van der Waals surface area contributed by atoms with E-state index in [0.29, 0.717) is 12.8 Å². The molecule has 0 unspecified atom stereocenters. The standard InChI is InChI=1S/C38H74O5/c1-3-5-7-9-11-13-15-16-17-18-19-20-21-23-25-27-29-31-33-38(41)43-36(34-39)35-42-37(40)32-30-28-26-24-22-14-12-10-8-6-4-2/h36,39H,3-35H2,1-2H3/t36-/m0/s1. The molecule has 0 aromatic heterocycles. The third-order valence-electron chi connectivity index (χ3n) is 8.65. The van der Waals surface area contributed by atoms with Crippen molar-refractivity contribution in [3.63, 3.8) is 0 Å². The van der Waals surface area contributed by atoms with Crippen LogP contribution < -0.4 is 0 Å². The minimum Gasteiger partial charge on any atom is -0.462 e. The lowest BCUT2D eigenvalue weighted by Gasteiger charge is -2.15. The Labute approximate surface area is 268 Å². The van der Waals surface area contributed by atoms with Gasteiger partial charge in [-0.3, -0.25) is 9.59 Å². The van der Waals surface area contributed by atoms with Crippen molar-refractivity contribution in [2.45, 2.75) is 219 Å². The largest absolute Gasteiger partial charge is 0.462 e. The molecule has 0 rings (SSSR count). The molecule has 0 aliphatic rings. The van der Waals surface area contributed by atoms with Gasteiger partial charge in [0, 0.05) is 12.8 Å². The van der Waals surface area contributed by atoms with Crippen LogP contribution in [-0.4, -0.2) is 36.4 Å². The number of esters is 2. The van der Waals surface area contributed by atoms with E-state index in [1.165, 1.54) is 154 Å². The fourth-order valence-corrected chi connectivity index (χ4v) is 5.73. The Morgan fingerprint density at radius 3 is 1.02 bits per heavy atom. The van der Waals surface area contributed by atoms with E-state index in [4.69, 9.17) is 9.47 Å². The number of aliphatic hydroxyl groups excluding tert-OH is 1. The fraction of sp³-hybridized carbons (Fsp3) is 0.947. The first-order valence-corrected chi connectivity index (χ1v) is 19.1. The van der Waals surface area contributed by atoms with Crippen LogP contribution in [0, 0.1) is 0 Å². The van der Waals surface area contributed by atoms with Crippen LogP contribution in [0.3, 0.4) is 0 Å². The Morgan fingerprint density at radius 2 is 0.721 bits per heavy atom. The van der Waals surface area contributed by atoms with Gasteiger partial charge >= 0.3 is 11.9 Å². The van der Waals surface area contributed by atoms with Crippen LogP contribution in [0.25, 0.3) is 0 Å². The second-order valence-corrected chi connectivity index (χ2v) is 13.0. The van der Waals surface area contributed by atoms with Crippen LogP contribution in [0.4, 0.5) is 0 Å². The lowest BCUT2D eigenvalue weighted by molar-refractivity contribution is -0.161. The van der Waals surface area contributed by atoms with Crippen molar-refractivity contribution >= 4 is 11.9 Å². The van der Waals surface area contributed by atoms with Gasteiger partial charge in [0.1, 0.15) is 6.61 Å². The Balaban J connectivity index is 3.48. The van der Waals surface area contributed by atoms with Crippen LogP contribution in [0.1, 0.15) is 213 Å². The Morgan fingerprint density at radius 1 is 0.442 bits per heavy atom. The molecular formula is C38H74O5. The van der Waals surface area contributed by atoms with Crippen LogP contribution in [0.2, 0.25) is 0 Å². The van der Waals surface area contributed by atoms with Crippen molar-refractivity contribution in [1.82, 2.24) is 0 Å². The zero-order valence-corrected chi connectivity index (χ0v) is 29.0. The van der Waals surface area contributed by atoms with E-state index in [-0.39, 0.29) is 25.2 Å². The molecule has 0 aromatic carbocycles. The maximum Gasteiger partial charge on any atom is 0.306 e. The molecule has 5 nitrogen and oxygen atoms in total. The first-order valence-electron chi connectivity index (χ1n) is 19.1. The average molecular weight is 611 g/mol. The molecule has 0 heterocycles. The van der Waals surface area contributed by atoms with Crippen molar-refractivity contribution in [1.29, 1.82) is 0 Å². The summed E-state index contributed by atoms with van der Waals surface area (Å²) in [5.74, 6) is -0.578. The van der Waals surface area contributed by atoms with Gasteiger partial charge in [-0.2, -0.15) is 0 Å². The topological polar surface area (TPSA) is 72.8 Å². The van der Waals surface area contributed by atoms with Crippen molar-refractivity contribution in [3.05, 3.63) is 0 Å². The highest BCUT2D eigenvalue weighted by Gasteiger charge is 2.16. The molecule has 1 atom stereocenters. The number of unbranched alkanes of at least 4 members (excludes halogenated alkanes) is 27. The maximum atomic E-state index is 12.1. The van der Waals surface area contributed by atoms with Gasteiger partial charge in [-0.25, -0.2) is 0 Å². The number of aliphatic hydroxyl groups is 1. The number of ether oxygens (including phenoxy) is 2. The van der Waals surface area contributed by atoms with E-state index >= 15 is 0 Å². The van der Waals surface area contributed by atoms with Crippen molar-refractivity contribution in [2.75, 3.05) is 13.2 Å². The van der Waals surface area contributed by atoms with Gasteiger partial charge in [-0.05, 0) is 12.8 Å². The highest BCUT2D eigenvalue weighted by atomic mass is 16.6. The molecule has 0 bridgehead atoms. The fourth-order valence-electron chi connectivity index (χ4n) is 5.73. The first kappa shape index (κ1) is 41.9. The number of hydrogen-bond donors (Lipinski definition) is 1. The number of rotatable bonds is 35. The molecule has 0 saturated heterocycles. The molecule has 0 radical (unpaired) electrons. The summed E-state index contributed by atoms with van der Waals surface area (Å²) >= 11 is 0. The summed E-state index contributed by atoms with van der Waals surface area (Å²) < 4.78 is 10.6. The molecule has 0 spiro atoms. The summed E-state index contributed by atoms with van der Waals surface area (Å²) in [6, 6.07) is 0. The summed E-state index contributed by atoms with van der Waals surface area (Å²) in [6.07, 6.45) is 37.3. The third kappa shape index (κ3) is 33.6.